The zero-order valence-electron chi connectivity index (χ0n) is 65.1. The number of carbonyl (C=O) groups is 10. The van der Waals surface area contributed by atoms with Crippen LogP contribution in [-0.2, 0) is 47.9 Å². The number of hydrogen-bond donors (Lipinski definition) is 4. The van der Waals surface area contributed by atoms with Gasteiger partial charge in [0.1, 0.15) is 5.78 Å². The Morgan fingerprint density at radius 2 is 0.515 bits per heavy atom. The molecule has 5 atom stereocenters. The SMILES string of the molecule is CCCCCC(=O)C1CC(=O)N(CC)C1.CCCCCCCCCCCCCCCCN1CC(C(=O)NCC)CC1=O.CCCCCCCCCCCCN1CC(C(=O)NCC)CC1=O.CCCCCN1CC(C(=O)NCCCC)CC1=O.CCCCNC(=O)C1CC(=O)N(CCC)C1. The van der Waals surface area contributed by atoms with E-state index in [1.54, 1.807) is 9.80 Å². The first-order valence-corrected chi connectivity index (χ1v) is 41.0. The summed E-state index contributed by atoms with van der Waals surface area (Å²) < 4.78 is 0. The van der Waals surface area contributed by atoms with Crippen molar-refractivity contribution in [3.05, 3.63) is 0 Å². The molecule has 5 unspecified atom stereocenters. The Morgan fingerprint density at radius 3 is 0.808 bits per heavy atom. The highest BCUT2D eigenvalue weighted by Crippen LogP contribution is 2.24. The van der Waals surface area contributed by atoms with Crippen molar-refractivity contribution in [1.82, 2.24) is 45.8 Å². The average Bonchev–Trinajstić information content (AvgIpc) is 1.77. The van der Waals surface area contributed by atoms with E-state index in [1.807, 2.05) is 42.4 Å². The molecule has 5 saturated heterocycles. The molecule has 0 saturated carbocycles. The number of nitrogens with one attached hydrogen (secondary N) is 4. The molecule has 5 fully saturated rings. The number of unbranched alkanes of at least 4 members (excludes halogenated alkanes) is 28. The van der Waals surface area contributed by atoms with E-state index in [0.29, 0.717) is 84.3 Å². The van der Waals surface area contributed by atoms with Gasteiger partial charge in [0.05, 0.1) is 23.7 Å². The smallest absolute Gasteiger partial charge is 0.225 e. The first kappa shape index (κ1) is 91.9. The van der Waals surface area contributed by atoms with Crippen LogP contribution in [0, 0.1) is 29.6 Å². The number of carbonyl (C=O) groups excluding carboxylic acids is 10. The summed E-state index contributed by atoms with van der Waals surface area (Å²) in [6, 6.07) is 0. The van der Waals surface area contributed by atoms with Crippen molar-refractivity contribution >= 4 is 58.9 Å². The zero-order valence-corrected chi connectivity index (χ0v) is 65.1. The molecule has 0 aromatic carbocycles. The maximum Gasteiger partial charge on any atom is 0.225 e. The quantitative estimate of drug-likeness (QED) is 0.0420. The van der Waals surface area contributed by atoms with Gasteiger partial charge in [0, 0.05) is 136 Å². The highest BCUT2D eigenvalue weighted by atomic mass is 16.2. The minimum Gasteiger partial charge on any atom is -0.356 e. The highest BCUT2D eigenvalue weighted by Gasteiger charge is 2.37. The zero-order chi connectivity index (χ0) is 73.3. The largest absolute Gasteiger partial charge is 0.356 e. The summed E-state index contributed by atoms with van der Waals surface area (Å²) in [5.41, 5.74) is 0. The number of Topliss-reactive ketones (excluding diaryl/α,β-unsaturated/α-hetero) is 1. The molecule has 5 aliphatic rings. The van der Waals surface area contributed by atoms with Crippen molar-refractivity contribution in [3.8, 4) is 0 Å². The molecule has 0 aromatic heterocycles. The van der Waals surface area contributed by atoms with Crippen LogP contribution in [0.1, 0.15) is 332 Å². The van der Waals surface area contributed by atoms with E-state index in [-0.39, 0.29) is 88.5 Å². The molecule has 0 aliphatic carbocycles. The molecular formula is C80H149N9O10. The third-order valence-electron chi connectivity index (χ3n) is 19.9. The van der Waals surface area contributed by atoms with Gasteiger partial charge < -0.3 is 45.8 Å². The lowest BCUT2D eigenvalue weighted by Gasteiger charge is -2.16. The third kappa shape index (κ3) is 42.8. The van der Waals surface area contributed by atoms with Gasteiger partial charge in [-0.25, -0.2) is 0 Å². The molecule has 0 spiro atoms. The van der Waals surface area contributed by atoms with E-state index >= 15 is 0 Å². The Balaban J connectivity index is 0.000000629. The van der Waals surface area contributed by atoms with Gasteiger partial charge in [0.15, 0.2) is 0 Å². The molecule has 5 heterocycles. The van der Waals surface area contributed by atoms with Crippen molar-refractivity contribution in [2.24, 2.45) is 29.6 Å². The van der Waals surface area contributed by atoms with Crippen molar-refractivity contribution in [1.29, 1.82) is 0 Å². The van der Waals surface area contributed by atoms with Crippen LogP contribution in [0.3, 0.4) is 0 Å². The Kier molecular flexibility index (Phi) is 56.1. The molecule has 99 heavy (non-hydrogen) atoms. The second kappa shape index (κ2) is 60.5. The van der Waals surface area contributed by atoms with E-state index in [1.165, 1.54) is 141 Å². The number of rotatable bonds is 50. The van der Waals surface area contributed by atoms with Crippen molar-refractivity contribution in [2.45, 2.75) is 332 Å². The molecule has 0 bridgehead atoms. The summed E-state index contributed by atoms with van der Waals surface area (Å²) in [6.45, 7) is 30.6. The lowest BCUT2D eigenvalue weighted by molar-refractivity contribution is -0.129. The van der Waals surface area contributed by atoms with Gasteiger partial charge in [-0.1, -0.05) is 228 Å². The van der Waals surface area contributed by atoms with Crippen LogP contribution >= 0.6 is 0 Å². The highest BCUT2D eigenvalue weighted by molar-refractivity contribution is 5.92. The van der Waals surface area contributed by atoms with Crippen molar-refractivity contribution in [2.75, 3.05) is 91.6 Å². The molecule has 0 radical (unpaired) electrons. The minimum absolute atomic E-state index is 0.0192. The minimum atomic E-state index is -0.135. The fraction of sp³-hybridized carbons (Fsp3) is 0.875. The topological polar surface area (TPSA) is 235 Å². The third-order valence-corrected chi connectivity index (χ3v) is 19.9. The predicted octanol–water partition coefficient (Wildman–Crippen LogP) is 14.5. The van der Waals surface area contributed by atoms with Crippen LogP contribution in [-0.4, -0.2) is 175 Å². The summed E-state index contributed by atoms with van der Waals surface area (Å²) in [7, 11) is 0. The van der Waals surface area contributed by atoms with Gasteiger partial charge in [0.2, 0.25) is 53.2 Å². The fourth-order valence-corrected chi connectivity index (χ4v) is 13.5. The summed E-state index contributed by atoms with van der Waals surface area (Å²) in [6.07, 6.45) is 46.3. The van der Waals surface area contributed by atoms with E-state index in [2.05, 4.69) is 62.8 Å². The lowest BCUT2D eigenvalue weighted by atomic mass is 9.98. The van der Waals surface area contributed by atoms with E-state index in [9.17, 15) is 47.9 Å². The van der Waals surface area contributed by atoms with Gasteiger partial charge in [-0.15, -0.1) is 0 Å². The van der Waals surface area contributed by atoms with Gasteiger partial charge in [-0.05, 0) is 65.7 Å². The van der Waals surface area contributed by atoms with Crippen LogP contribution in [0.25, 0.3) is 0 Å². The number of hydrogen-bond acceptors (Lipinski definition) is 10. The molecule has 9 amide bonds. The summed E-state index contributed by atoms with van der Waals surface area (Å²) in [4.78, 5) is 127. The van der Waals surface area contributed by atoms with E-state index < -0.39 is 0 Å². The number of likely N-dealkylation sites (tertiary alicyclic amines) is 5. The number of nitrogens with zero attached hydrogens (tertiary/aromatic N) is 5. The monoisotopic (exact) mass is 1400 g/mol. The Labute approximate surface area is 603 Å². The lowest BCUT2D eigenvalue weighted by Crippen LogP contribution is -2.33. The van der Waals surface area contributed by atoms with Crippen molar-refractivity contribution in [3.63, 3.8) is 0 Å². The van der Waals surface area contributed by atoms with E-state index in [0.717, 1.165) is 129 Å². The maximum absolute atomic E-state index is 12.0. The second-order valence-corrected chi connectivity index (χ2v) is 28.8. The summed E-state index contributed by atoms with van der Waals surface area (Å²) in [5, 5.41) is 11.5. The van der Waals surface area contributed by atoms with Gasteiger partial charge in [0.25, 0.3) is 0 Å². The summed E-state index contributed by atoms with van der Waals surface area (Å²) in [5.74, 6) is 0.614. The normalized spacial score (nSPS) is 18.7. The van der Waals surface area contributed by atoms with Gasteiger partial charge in [-0.2, -0.15) is 0 Å². The molecule has 4 N–H and O–H groups in total. The average molecular weight is 1400 g/mol. The number of ketones is 1. The van der Waals surface area contributed by atoms with Crippen molar-refractivity contribution < 1.29 is 47.9 Å². The maximum atomic E-state index is 12.0. The summed E-state index contributed by atoms with van der Waals surface area (Å²) >= 11 is 0. The van der Waals surface area contributed by atoms with Crippen LogP contribution in [0.15, 0.2) is 0 Å². The fourth-order valence-electron chi connectivity index (χ4n) is 13.5. The molecule has 574 valence electrons. The Bertz CT molecular complexity index is 2200. The van der Waals surface area contributed by atoms with Gasteiger partial charge >= 0.3 is 0 Å². The molecule has 5 aliphatic heterocycles. The van der Waals surface area contributed by atoms with Crippen LogP contribution in [0.4, 0.5) is 0 Å². The van der Waals surface area contributed by atoms with Crippen LogP contribution in [0.5, 0.6) is 0 Å². The Morgan fingerprint density at radius 1 is 0.273 bits per heavy atom. The predicted molar refractivity (Wildman–Crippen MR) is 403 cm³/mol. The molecule has 19 heteroatoms. The first-order valence-electron chi connectivity index (χ1n) is 41.0. The first-order chi connectivity index (χ1) is 47.9. The molecule has 0 aromatic rings. The Hall–Kier alpha value is -5.10. The second-order valence-electron chi connectivity index (χ2n) is 28.8. The van der Waals surface area contributed by atoms with Crippen LogP contribution < -0.4 is 21.3 Å². The number of amides is 9. The molecule has 19 nitrogen and oxygen atoms in total. The van der Waals surface area contributed by atoms with Crippen LogP contribution in [0.2, 0.25) is 0 Å². The standard InChI is InChI=1S/C23H44N2O2.C19H36N2O2.C14H26N2O2.C12H22N2O2.C12H21NO2/c1-3-5-6-7-8-9-10-11-12-13-14-15-16-17-18-25-20-21(19-22(25)26)23(27)24-4-2;1-3-5-6-7-8-9-10-11-12-13-14-21-16-17(15-18(21)22)19(23)20-4-2;1-3-5-7-9-16-11-12(10-13(16)17)14(18)15-8-6-4-2;1-3-5-6-13-12(16)10-8-11(15)14(9-10)7-4-2;1-3-5-6-7-11(14)10-8-12(15)13(4-2)9-10/h21H,3-20H2,1-2H3,(H,24,27);17H,3-16H2,1-2H3,(H,20,23);12H,3-11H2,1-2H3,(H,15,18);10H,3-9H2,1-2H3,(H,13,16);10H,3-9H2,1-2H3. The van der Waals surface area contributed by atoms with E-state index in [4.69, 9.17) is 0 Å². The van der Waals surface area contributed by atoms with Gasteiger partial charge in [-0.3, -0.25) is 47.9 Å². The molecular weight excluding hydrogens is 1250 g/mol. The molecule has 5 rings (SSSR count).